The predicted molar refractivity (Wildman–Crippen MR) is 134 cm³/mol. The molecule has 1 fully saturated rings. The Hall–Kier alpha value is -2.39. The molecular weight excluding hydrogens is 421 g/mol. The first-order valence-electron chi connectivity index (χ1n) is 11.5. The summed E-state index contributed by atoms with van der Waals surface area (Å²) in [6.07, 6.45) is 5.40. The van der Waals surface area contributed by atoms with Gasteiger partial charge in [0, 0.05) is 0 Å². The van der Waals surface area contributed by atoms with Crippen LogP contribution < -0.4 is 10.1 Å². The van der Waals surface area contributed by atoms with Crippen LogP contribution in [-0.4, -0.2) is 43.1 Å². The van der Waals surface area contributed by atoms with Crippen molar-refractivity contribution in [2.45, 2.75) is 52.3 Å². The summed E-state index contributed by atoms with van der Waals surface area (Å²) in [6.45, 7) is 6.32. The summed E-state index contributed by atoms with van der Waals surface area (Å²) in [4.78, 5) is 26.3. The van der Waals surface area contributed by atoms with Gasteiger partial charge < -0.3 is 0 Å². The molecule has 1 aliphatic heterocycles. The molecule has 0 radical (unpaired) electrons. The molecule has 0 spiro atoms. The van der Waals surface area contributed by atoms with E-state index in [-0.39, 0.29) is 24.1 Å². The number of hydrogen-bond donors (Lipinski definition) is 1. The van der Waals surface area contributed by atoms with Gasteiger partial charge in [0.15, 0.2) is 0 Å². The van der Waals surface area contributed by atoms with Gasteiger partial charge in [-0.15, -0.1) is 0 Å². The average molecular weight is 458 g/mol. The Balaban J connectivity index is 1.73. The second kappa shape index (κ2) is 11.0. The van der Waals surface area contributed by atoms with Crippen molar-refractivity contribution >= 4 is 24.8 Å². The molecule has 32 heavy (non-hydrogen) atoms. The maximum atomic E-state index is 13.5. The molecule has 0 bridgehead atoms. The van der Waals surface area contributed by atoms with E-state index in [1.54, 1.807) is 7.11 Å². The fourth-order valence-corrected chi connectivity index (χ4v) is 10.8. The Kier molecular flexibility index (Phi) is 8.31. The summed E-state index contributed by atoms with van der Waals surface area (Å²) in [7, 11) is -0.499. The van der Waals surface area contributed by atoms with E-state index >= 15 is 0 Å². The minimum atomic E-state index is -2.14. The number of carbonyl (C=O) groups excluding carboxylic acids is 2. The first kappa shape index (κ1) is 24.3. The van der Waals surface area contributed by atoms with E-state index in [1.165, 1.54) is 0 Å². The molecule has 1 saturated heterocycles. The van der Waals surface area contributed by atoms with Crippen LogP contribution in [0.2, 0.25) is 0 Å². The van der Waals surface area contributed by atoms with Crippen LogP contribution >= 0.6 is 7.26 Å². The van der Waals surface area contributed by atoms with E-state index in [9.17, 15) is 9.59 Å². The number of anilines is 1. The molecular formula is C26H36NO4P. The van der Waals surface area contributed by atoms with Crippen LogP contribution in [0.1, 0.15) is 42.9 Å². The zero-order chi connectivity index (χ0) is 23.1. The first-order valence-corrected chi connectivity index (χ1v) is 14.2. The van der Waals surface area contributed by atoms with Gasteiger partial charge in [-0.1, -0.05) is 0 Å². The molecule has 5 nitrogen and oxygen atoms in total. The normalized spacial score (nSPS) is 16.8. The molecule has 6 heteroatoms. The van der Waals surface area contributed by atoms with Gasteiger partial charge in [-0.3, -0.25) is 0 Å². The number of benzene rings is 2. The number of carbonyl (C=O) groups is 2. The molecule has 1 N–H and O–H groups in total. The second-order valence-electron chi connectivity index (χ2n) is 8.98. The minimum absolute atomic E-state index is 0.0493. The summed E-state index contributed by atoms with van der Waals surface area (Å²) in [5.41, 5.74) is 3.69. The second-order valence-corrected chi connectivity index (χ2v) is 13.8. The van der Waals surface area contributed by atoms with Crippen molar-refractivity contribution in [1.82, 2.24) is 0 Å². The molecule has 1 aliphatic rings. The van der Waals surface area contributed by atoms with Crippen molar-refractivity contribution in [3.05, 3.63) is 59.2 Å². The van der Waals surface area contributed by atoms with Crippen LogP contribution in [0.4, 0.5) is 5.69 Å². The van der Waals surface area contributed by atoms with Crippen LogP contribution in [0.15, 0.2) is 42.5 Å². The summed E-state index contributed by atoms with van der Waals surface area (Å²) >= 11 is 0. The summed E-state index contributed by atoms with van der Waals surface area (Å²) in [5.74, 6) is 0.673. The Morgan fingerprint density at radius 3 is 2.25 bits per heavy atom. The standard InChI is InChI=1S/C26H36NO4P/c1-5-23(26(29)27-25-19(2)15-22(30-4)16-20(25)3)32(13-9-10-14-32)18-24(28)31-17-21-11-7-6-8-12-21/h6-8,11-12,15-16,23,32H,5,9-10,13-14,17-18H2,1-4H3,(H,27,29). The van der Waals surface area contributed by atoms with Gasteiger partial charge in [-0.2, -0.15) is 0 Å². The van der Waals surface area contributed by atoms with E-state index in [0.717, 1.165) is 59.7 Å². The fourth-order valence-electron chi connectivity index (χ4n) is 5.15. The first-order chi connectivity index (χ1) is 15.4. The Bertz CT molecular complexity index is 915. The summed E-state index contributed by atoms with van der Waals surface area (Å²) < 4.78 is 11.0. The van der Waals surface area contributed by atoms with Crippen molar-refractivity contribution in [3.63, 3.8) is 0 Å². The van der Waals surface area contributed by atoms with Gasteiger partial charge >= 0.3 is 192 Å². The monoisotopic (exact) mass is 457 g/mol. The molecule has 0 aliphatic carbocycles. The van der Waals surface area contributed by atoms with Crippen molar-refractivity contribution < 1.29 is 19.1 Å². The Labute approximate surface area is 192 Å². The van der Waals surface area contributed by atoms with Crippen molar-refractivity contribution in [1.29, 1.82) is 0 Å². The van der Waals surface area contributed by atoms with Gasteiger partial charge in [0.2, 0.25) is 0 Å². The van der Waals surface area contributed by atoms with Crippen molar-refractivity contribution in [2.75, 3.05) is 30.9 Å². The van der Waals surface area contributed by atoms with Crippen LogP contribution in [0.5, 0.6) is 5.75 Å². The SMILES string of the molecule is CCC(C(=O)Nc1c(C)cc(OC)cc1C)[PH]1(CC(=O)OCc2ccccc2)CCCC1. The summed E-state index contributed by atoms with van der Waals surface area (Å²) in [5, 5.41) is 3.20. The Morgan fingerprint density at radius 1 is 1.06 bits per heavy atom. The van der Waals surface area contributed by atoms with Gasteiger partial charge in [-0.05, 0) is 0 Å². The van der Waals surface area contributed by atoms with E-state index in [0.29, 0.717) is 6.16 Å². The number of hydrogen-bond acceptors (Lipinski definition) is 4. The number of ether oxygens (including phenoxy) is 2. The molecule has 1 atom stereocenters. The number of amides is 1. The number of esters is 1. The third-order valence-electron chi connectivity index (χ3n) is 6.79. The van der Waals surface area contributed by atoms with Crippen LogP contribution in [0.3, 0.4) is 0 Å². The quantitative estimate of drug-likeness (QED) is 0.409. The van der Waals surface area contributed by atoms with E-state index < -0.39 is 7.26 Å². The van der Waals surface area contributed by atoms with Crippen LogP contribution in [0.25, 0.3) is 0 Å². The molecule has 1 heterocycles. The summed E-state index contributed by atoms with van der Waals surface area (Å²) in [6, 6.07) is 13.6. The molecule has 1 unspecified atom stereocenters. The maximum absolute atomic E-state index is 13.5. The van der Waals surface area contributed by atoms with Crippen LogP contribution in [-0.2, 0) is 20.9 Å². The van der Waals surface area contributed by atoms with Crippen molar-refractivity contribution in [2.24, 2.45) is 0 Å². The van der Waals surface area contributed by atoms with Crippen molar-refractivity contribution in [3.8, 4) is 5.75 Å². The number of nitrogens with one attached hydrogen (secondary N) is 1. The molecule has 0 aromatic heterocycles. The van der Waals surface area contributed by atoms with E-state index in [1.807, 2.05) is 56.3 Å². The van der Waals surface area contributed by atoms with Gasteiger partial charge in [-0.25, -0.2) is 0 Å². The molecule has 174 valence electrons. The molecule has 0 saturated carbocycles. The third kappa shape index (κ3) is 5.69. The number of rotatable bonds is 9. The predicted octanol–water partition coefficient (Wildman–Crippen LogP) is 5.32. The number of aryl methyl sites for hydroxylation is 2. The molecule has 2 aromatic rings. The van der Waals surface area contributed by atoms with E-state index in [2.05, 4.69) is 12.2 Å². The average Bonchev–Trinajstić information content (AvgIpc) is 3.24. The molecule has 3 rings (SSSR count). The molecule has 2 aromatic carbocycles. The Morgan fingerprint density at radius 2 is 1.69 bits per heavy atom. The van der Waals surface area contributed by atoms with Gasteiger partial charge in [0.1, 0.15) is 0 Å². The zero-order valence-electron chi connectivity index (χ0n) is 19.7. The zero-order valence-corrected chi connectivity index (χ0v) is 20.7. The third-order valence-corrected chi connectivity index (χ3v) is 12.6. The molecule has 1 amide bonds. The fraction of sp³-hybridized carbons (Fsp3) is 0.462. The van der Waals surface area contributed by atoms with Crippen LogP contribution in [0, 0.1) is 13.8 Å². The van der Waals surface area contributed by atoms with Gasteiger partial charge in [0.05, 0.1) is 0 Å². The van der Waals surface area contributed by atoms with E-state index in [4.69, 9.17) is 9.47 Å². The topological polar surface area (TPSA) is 64.6 Å². The number of methoxy groups -OCH3 is 1. The van der Waals surface area contributed by atoms with Gasteiger partial charge in [0.25, 0.3) is 0 Å².